The van der Waals surface area contributed by atoms with E-state index in [2.05, 4.69) is 10.1 Å². The zero-order valence-corrected chi connectivity index (χ0v) is 18.3. The lowest BCUT2D eigenvalue weighted by Crippen LogP contribution is -2.21. The number of aromatic nitrogens is 4. The average molecular weight is 444 g/mol. The highest BCUT2D eigenvalue weighted by Crippen LogP contribution is 2.35. The van der Waals surface area contributed by atoms with Crippen LogP contribution in [0.5, 0.6) is 0 Å². The molecular formula is C28H21N5O. The first-order valence-corrected chi connectivity index (χ1v) is 11.1. The minimum atomic E-state index is -0.187. The number of nitrogens with two attached hydrogens (primary N) is 1. The minimum absolute atomic E-state index is 0.145. The fraction of sp³-hybridized carbons (Fsp3) is 0.0357. The molecule has 6 rings (SSSR count). The van der Waals surface area contributed by atoms with Gasteiger partial charge in [-0.15, -0.1) is 0 Å². The fourth-order valence-electron chi connectivity index (χ4n) is 4.48. The zero-order valence-electron chi connectivity index (χ0n) is 18.3. The Hall–Kier alpha value is -4.55. The van der Waals surface area contributed by atoms with Crippen molar-refractivity contribution in [3.63, 3.8) is 0 Å². The van der Waals surface area contributed by atoms with Gasteiger partial charge in [-0.2, -0.15) is 4.52 Å². The molecule has 3 aromatic carbocycles. The van der Waals surface area contributed by atoms with Gasteiger partial charge in [-0.3, -0.25) is 14.9 Å². The van der Waals surface area contributed by atoms with E-state index in [1.807, 2.05) is 91.0 Å². The van der Waals surface area contributed by atoms with Gasteiger partial charge in [0.15, 0.2) is 5.65 Å². The van der Waals surface area contributed by atoms with Crippen LogP contribution >= 0.6 is 0 Å². The van der Waals surface area contributed by atoms with Crippen LogP contribution in [-0.4, -0.2) is 19.6 Å². The Bertz CT molecular complexity index is 1700. The quantitative estimate of drug-likeness (QED) is 0.400. The van der Waals surface area contributed by atoms with Crippen molar-refractivity contribution in [3.05, 3.63) is 113 Å². The molecule has 34 heavy (non-hydrogen) atoms. The molecule has 0 aliphatic rings. The number of nitrogens with one attached hydrogen (secondary N) is 1. The number of fused-ring (bicyclic) bond motifs is 2. The van der Waals surface area contributed by atoms with Crippen molar-refractivity contribution in [1.82, 2.24) is 19.6 Å². The number of nitrogens with zero attached hydrogens (tertiary/aromatic N) is 3. The summed E-state index contributed by atoms with van der Waals surface area (Å²) in [7, 11) is 0. The molecule has 0 spiro atoms. The highest BCUT2D eigenvalue weighted by atomic mass is 16.1. The van der Waals surface area contributed by atoms with Gasteiger partial charge in [0.2, 0.25) is 0 Å². The summed E-state index contributed by atoms with van der Waals surface area (Å²) in [5.74, 6) is 0. The van der Waals surface area contributed by atoms with E-state index in [9.17, 15) is 4.79 Å². The smallest absolute Gasteiger partial charge is 0.280 e. The van der Waals surface area contributed by atoms with Crippen molar-refractivity contribution in [2.45, 2.75) is 6.54 Å². The van der Waals surface area contributed by atoms with Crippen LogP contribution < -0.4 is 11.3 Å². The van der Waals surface area contributed by atoms with Crippen LogP contribution in [-0.2, 0) is 6.54 Å². The summed E-state index contributed by atoms with van der Waals surface area (Å²) in [5.41, 5.74) is 12.8. The lowest BCUT2D eigenvalue weighted by atomic mass is 10.0. The van der Waals surface area contributed by atoms with Crippen LogP contribution in [0.2, 0.25) is 0 Å². The van der Waals surface area contributed by atoms with Gasteiger partial charge in [-0.05, 0) is 29.3 Å². The molecule has 0 fully saturated rings. The highest BCUT2D eigenvalue weighted by molar-refractivity contribution is 5.91. The van der Waals surface area contributed by atoms with E-state index in [0.717, 1.165) is 38.9 Å². The van der Waals surface area contributed by atoms with Crippen molar-refractivity contribution in [1.29, 1.82) is 0 Å². The number of benzene rings is 3. The van der Waals surface area contributed by atoms with Gasteiger partial charge >= 0.3 is 0 Å². The molecule has 3 aromatic heterocycles. The van der Waals surface area contributed by atoms with Gasteiger partial charge in [-0.25, -0.2) is 4.98 Å². The largest absolute Gasteiger partial charge is 0.325 e. The molecule has 0 aliphatic heterocycles. The van der Waals surface area contributed by atoms with Crippen LogP contribution in [0.25, 0.3) is 50.1 Å². The Balaban J connectivity index is 1.68. The lowest BCUT2D eigenvalue weighted by Gasteiger charge is -2.09. The topological polar surface area (TPSA) is 89.1 Å². The van der Waals surface area contributed by atoms with Gasteiger partial charge in [0.25, 0.3) is 5.56 Å². The lowest BCUT2D eigenvalue weighted by molar-refractivity contribution is 0.876. The molecule has 0 bridgehead atoms. The van der Waals surface area contributed by atoms with Gasteiger partial charge in [0.1, 0.15) is 0 Å². The third kappa shape index (κ3) is 3.20. The molecule has 0 saturated carbocycles. The second kappa shape index (κ2) is 8.10. The molecule has 0 unspecified atom stereocenters. The molecule has 0 amide bonds. The zero-order chi connectivity index (χ0) is 23.1. The third-order valence-electron chi connectivity index (χ3n) is 6.07. The predicted octanol–water partition coefficient (Wildman–Crippen LogP) is 5.03. The van der Waals surface area contributed by atoms with E-state index in [1.54, 1.807) is 6.20 Å². The Morgan fingerprint density at radius 1 is 0.794 bits per heavy atom. The molecule has 6 nitrogen and oxygen atoms in total. The number of hydrogen-bond acceptors (Lipinski definition) is 4. The van der Waals surface area contributed by atoms with Crippen molar-refractivity contribution in [2.75, 3.05) is 0 Å². The number of rotatable bonds is 4. The second-order valence-electron chi connectivity index (χ2n) is 8.11. The summed E-state index contributed by atoms with van der Waals surface area (Å²) >= 11 is 0. The van der Waals surface area contributed by atoms with E-state index in [0.29, 0.717) is 16.9 Å². The number of H-pyrrole nitrogens is 1. The molecule has 6 heteroatoms. The molecule has 0 radical (unpaired) electrons. The van der Waals surface area contributed by atoms with Gasteiger partial charge in [0.05, 0.1) is 28.0 Å². The van der Waals surface area contributed by atoms with Crippen LogP contribution in [0.1, 0.15) is 5.69 Å². The Morgan fingerprint density at radius 3 is 2.26 bits per heavy atom. The maximum atomic E-state index is 13.9. The van der Waals surface area contributed by atoms with E-state index in [-0.39, 0.29) is 12.1 Å². The Morgan fingerprint density at radius 2 is 1.53 bits per heavy atom. The standard InChI is InChI=1S/C28H21N5O/c29-17-23-24(21-13-14-22-20(16-21)12-7-15-30-22)28(34)33-27(31-23)25(18-8-3-1-4-9-18)26(32-33)19-10-5-2-6-11-19/h1-16,32H,17,29H2. The number of hydrogen-bond donors (Lipinski definition) is 2. The van der Waals surface area contributed by atoms with E-state index >= 15 is 0 Å². The normalized spacial score (nSPS) is 11.3. The third-order valence-corrected chi connectivity index (χ3v) is 6.07. The second-order valence-corrected chi connectivity index (χ2v) is 8.11. The molecule has 164 valence electrons. The molecule has 0 saturated heterocycles. The molecule has 3 N–H and O–H groups in total. The average Bonchev–Trinajstić information content (AvgIpc) is 3.29. The summed E-state index contributed by atoms with van der Waals surface area (Å²) in [6.07, 6.45) is 1.75. The first-order chi connectivity index (χ1) is 16.7. The minimum Gasteiger partial charge on any atom is -0.325 e. The van der Waals surface area contributed by atoms with Crippen molar-refractivity contribution in [2.24, 2.45) is 5.73 Å². The summed E-state index contributed by atoms with van der Waals surface area (Å²) in [6.45, 7) is 0.145. The first kappa shape index (κ1) is 20.1. The van der Waals surface area contributed by atoms with Crippen molar-refractivity contribution < 1.29 is 0 Å². The number of pyridine rings is 1. The van der Waals surface area contributed by atoms with Crippen molar-refractivity contribution in [3.8, 4) is 33.5 Å². The Kier molecular flexibility index (Phi) is 4.78. The Labute approximate surface area is 195 Å². The van der Waals surface area contributed by atoms with Crippen LogP contribution in [0.15, 0.2) is 102 Å². The molecular weight excluding hydrogens is 422 g/mol. The summed E-state index contributed by atoms with van der Waals surface area (Å²) in [5, 5.41) is 4.29. The fourth-order valence-corrected chi connectivity index (χ4v) is 4.48. The van der Waals surface area contributed by atoms with E-state index in [4.69, 9.17) is 10.7 Å². The van der Waals surface area contributed by atoms with Crippen LogP contribution in [0, 0.1) is 0 Å². The van der Waals surface area contributed by atoms with Crippen molar-refractivity contribution >= 4 is 16.6 Å². The van der Waals surface area contributed by atoms with Crippen LogP contribution in [0.3, 0.4) is 0 Å². The van der Waals surface area contributed by atoms with Gasteiger partial charge in [0, 0.05) is 23.7 Å². The SMILES string of the molecule is NCc1nc2c(-c3ccccc3)c(-c3ccccc3)[nH]n2c(=O)c1-c1ccc2ncccc2c1. The molecule has 0 aliphatic carbocycles. The molecule has 0 atom stereocenters. The number of aromatic amines is 1. The predicted molar refractivity (Wildman–Crippen MR) is 135 cm³/mol. The summed E-state index contributed by atoms with van der Waals surface area (Å²) < 4.78 is 1.53. The monoisotopic (exact) mass is 443 g/mol. The van der Waals surface area contributed by atoms with E-state index < -0.39 is 0 Å². The highest BCUT2D eigenvalue weighted by Gasteiger charge is 2.22. The maximum absolute atomic E-state index is 13.9. The van der Waals surface area contributed by atoms with Crippen LogP contribution in [0.4, 0.5) is 0 Å². The molecule has 6 aromatic rings. The van der Waals surface area contributed by atoms with E-state index in [1.165, 1.54) is 4.52 Å². The van der Waals surface area contributed by atoms with Gasteiger partial charge in [-0.1, -0.05) is 72.8 Å². The summed E-state index contributed by atoms with van der Waals surface area (Å²) in [6, 6.07) is 29.6. The summed E-state index contributed by atoms with van der Waals surface area (Å²) in [4.78, 5) is 23.2. The maximum Gasteiger partial charge on any atom is 0.280 e. The van der Waals surface area contributed by atoms with Gasteiger partial charge < -0.3 is 5.73 Å². The first-order valence-electron chi connectivity index (χ1n) is 11.1. The molecule has 3 heterocycles.